The van der Waals surface area contributed by atoms with E-state index >= 15 is 0 Å². The van der Waals surface area contributed by atoms with Crippen LogP contribution in [-0.4, -0.2) is 6.41 Å². The Balaban J connectivity index is 2.21. The van der Waals surface area contributed by atoms with Gasteiger partial charge in [0.05, 0.1) is 6.04 Å². The summed E-state index contributed by atoms with van der Waals surface area (Å²) in [7, 11) is 0. The maximum absolute atomic E-state index is 10.7. The van der Waals surface area contributed by atoms with Crippen LogP contribution in [0.3, 0.4) is 0 Å². The van der Waals surface area contributed by atoms with E-state index in [1.54, 1.807) is 0 Å². The van der Waals surface area contributed by atoms with E-state index in [-0.39, 0.29) is 11.5 Å². The molecule has 1 saturated carbocycles. The highest BCUT2D eigenvalue weighted by molar-refractivity contribution is 5.49. The fourth-order valence-electron chi connectivity index (χ4n) is 2.33. The first-order valence-corrected chi connectivity index (χ1v) is 6.36. The van der Waals surface area contributed by atoms with Crippen LogP contribution in [-0.2, 0) is 4.79 Å². The summed E-state index contributed by atoms with van der Waals surface area (Å²) in [5.41, 5.74) is 2.83. The summed E-state index contributed by atoms with van der Waals surface area (Å²) in [6, 6.07) is 8.82. The lowest BCUT2D eigenvalue weighted by Crippen LogP contribution is -2.26. The first-order chi connectivity index (χ1) is 8.07. The topological polar surface area (TPSA) is 29.1 Å². The maximum Gasteiger partial charge on any atom is 0.207 e. The highest BCUT2D eigenvalue weighted by Crippen LogP contribution is 2.54. The average Bonchev–Trinajstić information content (AvgIpc) is 3.05. The summed E-state index contributed by atoms with van der Waals surface area (Å²) < 4.78 is 0. The predicted octanol–water partition coefficient (Wildman–Crippen LogP) is 3.40. The third-order valence-corrected chi connectivity index (χ3v) is 3.91. The van der Waals surface area contributed by atoms with Crippen LogP contribution in [0.5, 0.6) is 0 Å². The number of carbonyl (C=O) groups excluding carboxylic acids is 1. The smallest absolute Gasteiger partial charge is 0.207 e. The second-order valence-electron chi connectivity index (χ2n) is 5.69. The molecule has 1 fully saturated rings. The lowest BCUT2D eigenvalue weighted by molar-refractivity contribution is -0.110. The van der Waals surface area contributed by atoms with E-state index in [1.807, 2.05) is 0 Å². The summed E-state index contributed by atoms with van der Waals surface area (Å²) in [6.45, 7) is 6.63. The van der Waals surface area contributed by atoms with Crippen LogP contribution in [0.1, 0.15) is 56.7 Å². The van der Waals surface area contributed by atoms with Crippen LogP contribution in [0.4, 0.5) is 0 Å². The van der Waals surface area contributed by atoms with Crippen LogP contribution < -0.4 is 5.32 Å². The number of hydrogen-bond donors (Lipinski definition) is 1. The van der Waals surface area contributed by atoms with Crippen LogP contribution in [0.25, 0.3) is 0 Å². The number of carbonyl (C=O) groups is 1. The van der Waals surface area contributed by atoms with Crippen molar-refractivity contribution in [1.82, 2.24) is 5.32 Å². The molecule has 1 aliphatic carbocycles. The van der Waals surface area contributed by atoms with Gasteiger partial charge >= 0.3 is 0 Å². The Labute approximate surface area is 103 Å². The van der Waals surface area contributed by atoms with E-state index in [4.69, 9.17) is 0 Å². The van der Waals surface area contributed by atoms with Crippen molar-refractivity contribution in [2.75, 3.05) is 0 Å². The lowest BCUT2D eigenvalue weighted by Gasteiger charge is -2.23. The normalized spacial score (nSPS) is 18.8. The molecular formula is C15H21NO. The van der Waals surface area contributed by atoms with Crippen LogP contribution in [0, 0.1) is 5.41 Å². The second-order valence-corrected chi connectivity index (χ2v) is 5.69. The Morgan fingerprint density at radius 1 is 1.18 bits per heavy atom. The van der Waals surface area contributed by atoms with Crippen LogP contribution in [0.2, 0.25) is 0 Å². The van der Waals surface area contributed by atoms with Gasteiger partial charge in [-0.3, -0.25) is 4.79 Å². The number of amides is 1. The zero-order valence-electron chi connectivity index (χ0n) is 10.9. The summed E-state index contributed by atoms with van der Waals surface area (Å²) in [5.74, 6) is 0.554. The quantitative estimate of drug-likeness (QED) is 0.773. The Morgan fingerprint density at radius 3 is 2.12 bits per heavy atom. The molecule has 2 heteroatoms. The van der Waals surface area contributed by atoms with Gasteiger partial charge in [0, 0.05) is 0 Å². The molecule has 2 rings (SSSR count). The zero-order chi connectivity index (χ0) is 12.5. The molecule has 92 valence electrons. The van der Waals surface area contributed by atoms with Crippen LogP contribution in [0.15, 0.2) is 24.3 Å². The van der Waals surface area contributed by atoms with Gasteiger partial charge in [-0.25, -0.2) is 0 Å². The second kappa shape index (κ2) is 4.52. The molecule has 0 radical (unpaired) electrons. The molecule has 0 aromatic heterocycles. The van der Waals surface area contributed by atoms with Crippen molar-refractivity contribution in [2.24, 2.45) is 5.41 Å². The minimum Gasteiger partial charge on any atom is -0.351 e. The molecule has 0 bridgehead atoms. The third-order valence-electron chi connectivity index (χ3n) is 3.91. The van der Waals surface area contributed by atoms with Crippen molar-refractivity contribution < 1.29 is 4.79 Å². The number of hydrogen-bond acceptors (Lipinski definition) is 1. The summed E-state index contributed by atoms with van der Waals surface area (Å²) in [4.78, 5) is 10.7. The maximum atomic E-state index is 10.7. The van der Waals surface area contributed by atoms with Gasteiger partial charge in [-0.15, -0.1) is 0 Å². The predicted molar refractivity (Wildman–Crippen MR) is 69.8 cm³/mol. The zero-order valence-corrected chi connectivity index (χ0v) is 10.9. The lowest BCUT2D eigenvalue weighted by atomic mass is 9.90. The molecule has 0 aliphatic heterocycles. The molecule has 0 saturated heterocycles. The van der Waals surface area contributed by atoms with E-state index in [0.717, 1.165) is 6.41 Å². The van der Waals surface area contributed by atoms with Crippen molar-refractivity contribution in [3.8, 4) is 0 Å². The molecule has 1 aromatic carbocycles. The fourth-order valence-corrected chi connectivity index (χ4v) is 2.33. The Bertz CT molecular complexity index is 390. The van der Waals surface area contributed by atoms with Crippen molar-refractivity contribution in [1.29, 1.82) is 0 Å². The van der Waals surface area contributed by atoms with Gasteiger partial charge in [-0.2, -0.15) is 0 Å². The van der Waals surface area contributed by atoms with Gasteiger partial charge in [-0.1, -0.05) is 45.0 Å². The average molecular weight is 231 g/mol. The monoisotopic (exact) mass is 231 g/mol. The first-order valence-electron chi connectivity index (χ1n) is 6.36. The first kappa shape index (κ1) is 12.2. The van der Waals surface area contributed by atoms with E-state index in [0.29, 0.717) is 5.92 Å². The van der Waals surface area contributed by atoms with Crippen molar-refractivity contribution in [3.05, 3.63) is 35.4 Å². The molecule has 1 amide bonds. The van der Waals surface area contributed by atoms with E-state index in [1.165, 1.54) is 24.0 Å². The molecule has 0 heterocycles. The van der Waals surface area contributed by atoms with Crippen molar-refractivity contribution >= 4 is 6.41 Å². The largest absolute Gasteiger partial charge is 0.351 e. The van der Waals surface area contributed by atoms with E-state index < -0.39 is 0 Å². The third kappa shape index (κ3) is 2.51. The van der Waals surface area contributed by atoms with Gasteiger partial charge in [-0.05, 0) is 35.3 Å². The number of nitrogens with one attached hydrogen (secondary N) is 1. The summed E-state index contributed by atoms with van der Waals surface area (Å²) in [5, 5.41) is 2.97. The van der Waals surface area contributed by atoms with E-state index in [9.17, 15) is 4.79 Å². The van der Waals surface area contributed by atoms with E-state index in [2.05, 4.69) is 50.4 Å². The number of benzene rings is 1. The Morgan fingerprint density at radius 2 is 1.71 bits per heavy atom. The molecule has 2 nitrogen and oxygen atoms in total. The molecule has 1 N–H and O–H groups in total. The molecule has 1 atom stereocenters. The molecule has 17 heavy (non-hydrogen) atoms. The molecule has 1 aromatic rings. The summed E-state index contributed by atoms with van der Waals surface area (Å²) >= 11 is 0. The molecule has 1 aliphatic rings. The fraction of sp³-hybridized carbons (Fsp3) is 0.533. The highest BCUT2D eigenvalue weighted by Gasteiger charge is 2.45. The Kier molecular flexibility index (Phi) is 3.23. The molecule has 0 unspecified atom stereocenters. The van der Waals surface area contributed by atoms with Crippen molar-refractivity contribution in [3.63, 3.8) is 0 Å². The number of rotatable bonds is 5. The Hall–Kier alpha value is -1.31. The van der Waals surface area contributed by atoms with Gasteiger partial charge < -0.3 is 5.32 Å². The molecular weight excluding hydrogens is 210 g/mol. The minimum atomic E-state index is 0.168. The molecule has 0 spiro atoms. The summed E-state index contributed by atoms with van der Waals surface area (Å²) in [6.07, 6.45) is 3.22. The van der Waals surface area contributed by atoms with Crippen molar-refractivity contribution in [2.45, 2.75) is 45.6 Å². The van der Waals surface area contributed by atoms with Crippen LogP contribution >= 0.6 is 0 Å². The van der Waals surface area contributed by atoms with Gasteiger partial charge in [0.25, 0.3) is 0 Å². The van der Waals surface area contributed by atoms with Gasteiger partial charge in [0.1, 0.15) is 0 Å². The van der Waals surface area contributed by atoms with Gasteiger partial charge in [0.2, 0.25) is 6.41 Å². The minimum absolute atomic E-state index is 0.168. The SMILES string of the molecule is CC(C)c1ccc([C@H](NC=O)C2(C)CC2)cc1. The standard InChI is InChI=1S/C15H21NO/c1-11(2)12-4-6-13(7-5-12)14(16-10-17)15(3)8-9-15/h4-7,10-11,14H,8-9H2,1-3H3,(H,16,17)/t14-/m0/s1. The van der Waals surface area contributed by atoms with Gasteiger partial charge in [0.15, 0.2) is 0 Å². The highest BCUT2D eigenvalue weighted by atomic mass is 16.1.